The first kappa shape index (κ1) is 7.94. The van der Waals surface area contributed by atoms with Gasteiger partial charge in [0.05, 0.1) is 0 Å². The molecule has 6 heteroatoms. The molecular weight excluding hydrogens is 133 g/mol. The molecule has 0 aromatic carbocycles. The second kappa shape index (κ2) is 3.06. The fourth-order valence-corrected chi connectivity index (χ4v) is 0.420. The highest BCUT2D eigenvalue weighted by Crippen LogP contribution is 2.40. The SMILES string of the molecule is N[P+](O)(O)OCC=O. The number of carbonyl (C=O) groups is 1. The smallest absolute Gasteiger partial charge is 0.301 e. The van der Waals surface area contributed by atoms with Crippen LogP contribution >= 0.6 is 8.09 Å². The molecule has 4 N–H and O–H groups in total. The summed E-state index contributed by atoms with van der Waals surface area (Å²) in [5.74, 6) is 0. The Kier molecular flexibility index (Phi) is 3.04. The molecule has 0 saturated carbocycles. The van der Waals surface area contributed by atoms with Crippen molar-refractivity contribution in [1.29, 1.82) is 0 Å². The van der Waals surface area contributed by atoms with Crippen molar-refractivity contribution in [2.45, 2.75) is 0 Å². The molecule has 0 fully saturated rings. The van der Waals surface area contributed by atoms with E-state index in [2.05, 4.69) is 10.0 Å². The fourth-order valence-electron chi connectivity index (χ4n) is 0.140. The number of hydrogen-bond acceptors (Lipinski definition) is 5. The molecule has 0 atom stereocenters. The Morgan fingerprint density at radius 3 is 2.38 bits per heavy atom. The first-order valence-electron chi connectivity index (χ1n) is 1.77. The summed E-state index contributed by atoms with van der Waals surface area (Å²) in [4.78, 5) is 25.9. The first-order chi connectivity index (χ1) is 3.56. The van der Waals surface area contributed by atoms with Gasteiger partial charge in [0.15, 0.2) is 12.9 Å². The van der Waals surface area contributed by atoms with E-state index in [0.717, 1.165) is 0 Å². The molecule has 0 aliphatic carbocycles. The minimum atomic E-state index is -3.66. The Labute approximate surface area is 46.7 Å². The van der Waals surface area contributed by atoms with Gasteiger partial charge in [-0.05, 0) is 0 Å². The molecule has 0 saturated heterocycles. The van der Waals surface area contributed by atoms with E-state index in [1.54, 1.807) is 0 Å². The lowest BCUT2D eigenvalue weighted by atomic mass is 10.9. The summed E-state index contributed by atoms with van der Waals surface area (Å²) in [5.41, 5.74) is 4.56. The van der Waals surface area contributed by atoms with Crippen LogP contribution in [0.4, 0.5) is 0 Å². The summed E-state index contributed by atoms with van der Waals surface area (Å²) in [6, 6.07) is 0. The van der Waals surface area contributed by atoms with Crippen LogP contribution in [-0.2, 0) is 9.32 Å². The van der Waals surface area contributed by atoms with Crippen LogP contribution in [0.1, 0.15) is 0 Å². The van der Waals surface area contributed by atoms with Crippen LogP contribution in [0.15, 0.2) is 0 Å². The minimum Gasteiger partial charge on any atom is -0.301 e. The zero-order valence-electron chi connectivity index (χ0n) is 4.02. The molecule has 0 aliphatic rings. The second-order valence-corrected chi connectivity index (χ2v) is 2.49. The van der Waals surface area contributed by atoms with Gasteiger partial charge in [-0.3, -0.25) is 0 Å². The van der Waals surface area contributed by atoms with E-state index in [4.69, 9.17) is 9.79 Å². The maximum Gasteiger partial charge on any atom is 0.494 e. The monoisotopic (exact) mass is 140 g/mol. The van der Waals surface area contributed by atoms with Gasteiger partial charge in [0.25, 0.3) is 0 Å². The molecule has 0 aromatic rings. The molecule has 0 rings (SSSR count). The quantitative estimate of drug-likeness (QED) is 0.339. The van der Waals surface area contributed by atoms with Crippen LogP contribution in [0.3, 0.4) is 0 Å². The summed E-state index contributed by atoms with van der Waals surface area (Å²) in [7, 11) is -3.66. The average molecular weight is 140 g/mol. The Morgan fingerprint density at radius 1 is 1.75 bits per heavy atom. The van der Waals surface area contributed by atoms with Crippen LogP contribution < -0.4 is 5.50 Å². The van der Waals surface area contributed by atoms with E-state index in [1.165, 1.54) is 0 Å². The van der Waals surface area contributed by atoms with E-state index < -0.39 is 8.09 Å². The Morgan fingerprint density at radius 2 is 2.25 bits per heavy atom. The van der Waals surface area contributed by atoms with Crippen LogP contribution in [0.5, 0.6) is 0 Å². The van der Waals surface area contributed by atoms with Crippen molar-refractivity contribution in [1.82, 2.24) is 0 Å². The second-order valence-electron chi connectivity index (χ2n) is 1.05. The van der Waals surface area contributed by atoms with Gasteiger partial charge in [0, 0.05) is 0 Å². The van der Waals surface area contributed by atoms with Crippen molar-refractivity contribution >= 4 is 14.4 Å². The number of carbonyl (C=O) groups excluding carboxylic acids is 1. The topological polar surface area (TPSA) is 92.8 Å². The molecule has 5 nitrogen and oxygen atoms in total. The maximum atomic E-state index is 9.47. The van der Waals surface area contributed by atoms with Crippen LogP contribution in [0.25, 0.3) is 0 Å². The lowest BCUT2D eigenvalue weighted by Gasteiger charge is -1.98. The molecule has 0 bridgehead atoms. The van der Waals surface area contributed by atoms with Gasteiger partial charge in [-0.1, -0.05) is 0 Å². The van der Waals surface area contributed by atoms with E-state index >= 15 is 0 Å². The Bertz CT molecular complexity index is 78.6. The molecule has 0 radical (unpaired) electrons. The third-order valence-electron chi connectivity index (χ3n) is 0.333. The molecule has 0 unspecified atom stereocenters. The highest BCUT2D eigenvalue weighted by molar-refractivity contribution is 7.57. The van der Waals surface area contributed by atoms with Gasteiger partial charge in [-0.15, -0.1) is 5.50 Å². The molecule has 48 valence electrons. The summed E-state index contributed by atoms with van der Waals surface area (Å²) in [5, 5.41) is 0. The maximum absolute atomic E-state index is 9.47. The van der Waals surface area contributed by atoms with Crippen molar-refractivity contribution in [3.05, 3.63) is 0 Å². The Hall–Kier alpha value is -0.0600. The minimum absolute atomic E-state index is 0.378. The van der Waals surface area contributed by atoms with Gasteiger partial charge in [0.2, 0.25) is 0 Å². The van der Waals surface area contributed by atoms with Gasteiger partial charge < -0.3 is 4.79 Å². The third-order valence-corrected chi connectivity index (χ3v) is 0.862. The predicted octanol–water partition coefficient (Wildman–Crippen LogP) is -1.18. The van der Waals surface area contributed by atoms with Crippen molar-refractivity contribution in [3.63, 3.8) is 0 Å². The molecular formula is C2H7NO4P+. The van der Waals surface area contributed by atoms with Crippen LogP contribution in [-0.4, -0.2) is 22.7 Å². The molecule has 0 heterocycles. The largest absolute Gasteiger partial charge is 0.494 e. The fraction of sp³-hybridized carbons (Fsp3) is 0.500. The van der Waals surface area contributed by atoms with Gasteiger partial charge in [-0.25, -0.2) is 0 Å². The lowest BCUT2D eigenvalue weighted by Crippen LogP contribution is -2.07. The summed E-state index contributed by atoms with van der Waals surface area (Å²) < 4.78 is 4.01. The van der Waals surface area contributed by atoms with E-state index in [1.807, 2.05) is 0 Å². The Balaban J connectivity index is 3.24. The molecule has 0 spiro atoms. The zero-order valence-corrected chi connectivity index (χ0v) is 4.91. The summed E-state index contributed by atoms with van der Waals surface area (Å²) >= 11 is 0. The highest BCUT2D eigenvalue weighted by atomic mass is 31.2. The van der Waals surface area contributed by atoms with E-state index in [9.17, 15) is 4.79 Å². The van der Waals surface area contributed by atoms with Crippen molar-refractivity contribution < 1.29 is 19.1 Å². The molecule has 0 amide bonds. The highest BCUT2D eigenvalue weighted by Gasteiger charge is 2.28. The van der Waals surface area contributed by atoms with E-state index in [0.29, 0.717) is 6.29 Å². The van der Waals surface area contributed by atoms with Crippen molar-refractivity contribution in [2.24, 2.45) is 5.50 Å². The predicted molar refractivity (Wildman–Crippen MR) is 27.6 cm³/mol. The van der Waals surface area contributed by atoms with Gasteiger partial charge in [0.1, 0.15) is 0 Å². The lowest BCUT2D eigenvalue weighted by molar-refractivity contribution is -0.109. The third kappa shape index (κ3) is 5.94. The summed E-state index contributed by atoms with van der Waals surface area (Å²) in [6.07, 6.45) is 0.383. The molecule has 0 aromatic heterocycles. The zero-order chi connectivity index (χ0) is 6.62. The first-order valence-corrected chi connectivity index (χ1v) is 3.45. The number of hydrogen-bond donors (Lipinski definition) is 3. The standard InChI is InChI=1S/C2H7NO4P/c3-8(5,6)7-2-1-4/h1,5-6H,2-3H2/q+1. The number of aldehydes is 1. The number of nitrogens with two attached hydrogens (primary N) is 1. The van der Waals surface area contributed by atoms with E-state index in [-0.39, 0.29) is 6.61 Å². The molecule has 8 heavy (non-hydrogen) atoms. The van der Waals surface area contributed by atoms with Crippen molar-refractivity contribution in [2.75, 3.05) is 6.61 Å². The molecule has 0 aliphatic heterocycles. The van der Waals surface area contributed by atoms with Crippen LogP contribution in [0, 0.1) is 0 Å². The van der Waals surface area contributed by atoms with Gasteiger partial charge >= 0.3 is 8.09 Å². The van der Waals surface area contributed by atoms with Crippen molar-refractivity contribution in [3.8, 4) is 0 Å². The average Bonchev–Trinajstić information content (AvgIpc) is 1.59. The summed E-state index contributed by atoms with van der Waals surface area (Å²) in [6.45, 7) is -0.378. The van der Waals surface area contributed by atoms with Crippen LogP contribution in [0.2, 0.25) is 0 Å². The number of rotatable bonds is 3. The van der Waals surface area contributed by atoms with Gasteiger partial charge in [-0.2, -0.15) is 14.3 Å². The normalized spacial score (nSPS) is 11.4.